The first-order valence-electron chi connectivity index (χ1n) is 8.80. The first-order chi connectivity index (χ1) is 12.9. The van der Waals surface area contributed by atoms with Gasteiger partial charge >= 0.3 is 0 Å². The largest absolute Gasteiger partial charge is 0.496 e. The molecule has 0 aliphatic carbocycles. The van der Waals surface area contributed by atoms with Gasteiger partial charge in [-0.3, -0.25) is 0 Å². The Morgan fingerprint density at radius 2 is 1.52 bits per heavy atom. The maximum absolute atomic E-state index is 5.52. The minimum absolute atomic E-state index is 0.607. The van der Waals surface area contributed by atoms with Gasteiger partial charge in [0, 0.05) is 17.4 Å². The zero-order valence-corrected chi connectivity index (χ0v) is 20.3. The van der Waals surface area contributed by atoms with Crippen LogP contribution >= 0.6 is 45.2 Å². The maximum atomic E-state index is 5.52. The fourth-order valence-electron chi connectivity index (χ4n) is 2.83. The molecule has 0 atom stereocenters. The Balaban J connectivity index is 0.000000223. The molecule has 1 fully saturated rings. The van der Waals surface area contributed by atoms with Crippen molar-refractivity contribution in [3.63, 3.8) is 0 Å². The van der Waals surface area contributed by atoms with E-state index < -0.39 is 0 Å². The smallest absolute Gasteiger partial charge is 0.132 e. The zero-order valence-electron chi connectivity index (χ0n) is 16.0. The summed E-state index contributed by atoms with van der Waals surface area (Å²) in [4.78, 5) is 2.38. The second-order valence-corrected chi connectivity index (χ2v) is 8.79. The third-order valence-corrected chi connectivity index (χ3v) is 6.10. The van der Waals surface area contributed by atoms with E-state index in [4.69, 9.17) is 15.2 Å². The normalized spacial score (nSPS) is 14.9. The lowest BCUT2D eigenvalue weighted by molar-refractivity contribution is 0.264. The van der Waals surface area contributed by atoms with Crippen LogP contribution in [0.2, 0.25) is 0 Å². The van der Waals surface area contributed by atoms with Crippen molar-refractivity contribution < 1.29 is 9.47 Å². The van der Waals surface area contributed by atoms with Gasteiger partial charge in [-0.15, -0.1) is 0 Å². The summed E-state index contributed by atoms with van der Waals surface area (Å²) in [5.74, 6) is 1.81. The van der Waals surface area contributed by atoms with Crippen LogP contribution in [-0.2, 0) is 0 Å². The number of benzene rings is 2. The highest BCUT2D eigenvalue weighted by Crippen LogP contribution is 2.25. The van der Waals surface area contributed by atoms with Crippen LogP contribution in [0.3, 0.4) is 0 Å². The first kappa shape index (κ1) is 22.4. The Labute approximate surface area is 189 Å². The lowest BCUT2D eigenvalue weighted by Gasteiger charge is -2.30. The van der Waals surface area contributed by atoms with E-state index in [0.29, 0.717) is 6.04 Å². The van der Waals surface area contributed by atoms with Gasteiger partial charge in [-0.05, 0) is 115 Å². The van der Waals surface area contributed by atoms with Gasteiger partial charge in [-0.1, -0.05) is 0 Å². The Morgan fingerprint density at radius 3 is 2.04 bits per heavy atom. The van der Waals surface area contributed by atoms with Crippen LogP contribution < -0.4 is 20.5 Å². The molecule has 27 heavy (non-hydrogen) atoms. The van der Waals surface area contributed by atoms with E-state index in [1.54, 1.807) is 14.2 Å². The van der Waals surface area contributed by atoms with Gasteiger partial charge in [-0.25, -0.2) is 0 Å². The molecule has 148 valence electrons. The minimum Gasteiger partial charge on any atom is -0.496 e. The highest BCUT2D eigenvalue weighted by Gasteiger charge is 2.16. The fourth-order valence-corrected chi connectivity index (χ4v) is 4.32. The highest BCUT2D eigenvalue weighted by atomic mass is 127. The number of ether oxygens (including phenoxy) is 2. The van der Waals surface area contributed by atoms with Gasteiger partial charge in [0.05, 0.1) is 21.4 Å². The number of nitrogen functional groups attached to an aromatic ring is 1. The molecule has 2 aromatic rings. The SMILES string of the molecule is COc1ccc(N)cc1I.COc1ccc(NC2CCN(C)CC2)cc1I. The standard InChI is InChI=1S/C13H19IN2O.C7H8INO/c1-16-7-5-10(6-8-16)15-11-3-4-13(17-2)12(14)9-11;1-10-7-3-2-5(9)4-6(7)8/h3-4,9-10,15H,5-8H2,1-2H3;2-4H,9H2,1H3. The number of anilines is 2. The first-order valence-corrected chi connectivity index (χ1v) is 11.0. The molecule has 0 bridgehead atoms. The van der Waals surface area contributed by atoms with Gasteiger partial charge < -0.3 is 25.4 Å². The molecule has 0 saturated carbocycles. The number of rotatable bonds is 4. The summed E-state index contributed by atoms with van der Waals surface area (Å²) >= 11 is 4.49. The van der Waals surface area contributed by atoms with E-state index in [9.17, 15) is 0 Å². The van der Waals surface area contributed by atoms with E-state index in [1.807, 2.05) is 24.3 Å². The van der Waals surface area contributed by atoms with Crippen molar-refractivity contribution >= 4 is 56.6 Å². The topological polar surface area (TPSA) is 59.8 Å². The van der Waals surface area contributed by atoms with Crippen molar-refractivity contribution in [2.45, 2.75) is 18.9 Å². The molecule has 1 heterocycles. The van der Waals surface area contributed by atoms with E-state index in [0.717, 1.165) is 24.3 Å². The van der Waals surface area contributed by atoms with E-state index >= 15 is 0 Å². The third-order valence-electron chi connectivity index (χ3n) is 4.42. The molecule has 0 radical (unpaired) electrons. The Morgan fingerprint density at radius 1 is 0.963 bits per heavy atom. The monoisotopic (exact) mass is 595 g/mol. The second kappa shape index (κ2) is 11.2. The van der Waals surface area contributed by atoms with Gasteiger partial charge in [0.1, 0.15) is 11.5 Å². The van der Waals surface area contributed by atoms with Crippen LogP contribution in [0.15, 0.2) is 36.4 Å². The van der Waals surface area contributed by atoms with Crippen LogP contribution in [0.1, 0.15) is 12.8 Å². The molecule has 1 saturated heterocycles. The van der Waals surface area contributed by atoms with Crippen molar-refractivity contribution in [1.29, 1.82) is 0 Å². The number of hydrogen-bond acceptors (Lipinski definition) is 5. The van der Waals surface area contributed by atoms with E-state index in [2.05, 4.69) is 74.6 Å². The van der Waals surface area contributed by atoms with Crippen LogP contribution in [-0.4, -0.2) is 45.3 Å². The second-order valence-electron chi connectivity index (χ2n) is 6.47. The molecule has 0 spiro atoms. The summed E-state index contributed by atoms with van der Waals surface area (Å²) in [6, 6.07) is 12.4. The van der Waals surface area contributed by atoms with Crippen LogP contribution in [0.5, 0.6) is 11.5 Å². The van der Waals surface area contributed by atoms with E-state index in [-0.39, 0.29) is 0 Å². The molecule has 1 aliphatic rings. The van der Waals surface area contributed by atoms with Crippen molar-refractivity contribution in [3.8, 4) is 11.5 Å². The quantitative estimate of drug-likeness (QED) is 0.397. The van der Waals surface area contributed by atoms with E-state index in [1.165, 1.54) is 31.6 Å². The Kier molecular flexibility index (Phi) is 9.24. The van der Waals surface area contributed by atoms with Gasteiger partial charge in [0.25, 0.3) is 0 Å². The number of hydrogen-bond donors (Lipinski definition) is 2. The van der Waals surface area contributed by atoms with Crippen LogP contribution in [0, 0.1) is 7.14 Å². The van der Waals surface area contributed by atoms with Crippen LogP contribution in [0.4, 0.5) is 11.4 Å². The molecule has 0 amide bonds. The lowest BCUT2D eigenvalue weighted by atomic mass is 10.1. The molecule has 0 unspecified atom stereocenters. The molecule has 3 N–H and O–H groups in total. The van der Waals surface area contributed by atoms with Gasteiger partial charge in [-0.2, -0.15) is 0 Å². The summed E-state index contributed by atoms with van der Waals surface area (Å²) in [6.07, 6.45) is 2.44. The molecule has 2 aromatic carbocycles. The summed E-state index contributed by atoms with van der Waals surface area (Å²) in [7, 11) is 5.54. The number of nitrogens with one attached hydrogen (secondary N) is 1. The average Bonchev–Trinajstić information content (AvgIpc) is 2.64. The number of likely N-dealkylation sites (tertiary alicyclic amines) is 1. The van der Waals surface area contributed by atoms with Gasteiger partial charge in [0.2, 0.25) is 0 Å². The maximum Gasteiger partial charge on any atom is 0.132 e. The van der Waals surface area contributed by atoms with Crippen molar-refractivity contribution in [3.05, 3.63) is 43.5 Å². The highest BCUT2D eigenvalue weighted by molar-refractivity contribution is 14.1. The number of nitrogens with two attached hydrogens (primary N) is 1. The predicted octanol–water partition coefficient (Wildman–Crippen LogP) is 4.69. The molecule has 5 nitrogen and oxygen atoms in total. The molecule has 3 rings (SSSR count). The number of nitrogens with zero attached hydrogens (tertiary/aromatic N) is 1. The number of piperidine rings is 1. The molecule has 1 aliphatic heterocycles. The number of methoxy groups -OCH3 is 2. The third kappa shape index (κ3) is 7.19. The summed E-state index contributed by atoms with van der Waals surface area (Å²) in [5.41, 5.74) is 7.49. The van der Waals surface area contributed by atoms with Crippen molar-refractivity contribution in [1.82, 2.24) is 4.90 Å². The molecule has 7 heteroatoms. The fraction of sp³-hybridized carbons (Fsp3) is 0.400. The summed E-state index contributed by atoms with van der Waals surface area (Å²) < 4.78 is 12.5. The molecule has 0 aromatic heterocycles. The average molecular weight is 595 g/mol. The lowest BCUT2D eigenvalue weighted by Crippen LogP contribution is -2.36. The summed E-state index contributed by atoms with van der Waals surface area (Å²) in [5, 5.41) is 3.61. The van der Waals surface area contributed by atoms with Gasteiger partial charge in [0.15, 0.2) is 0 Å². The van der Waals surface area contributed by atoms with Crippen LogP contribution in [0.25, 0.3) is 0 Å². The van der Waals surface area contributed by atoms with Crippen molar-refractivity contribution in [2.75, 3.05) is 45.4 Å². The minimum atomic E-state index is 0.607. The number of halogens is 2. The summed E-state index contributed by atoms with van der Waals surface area (Å²) in [6.45, 7) is 2.37. The Bertz CT molecular complexity index is 735. The molecular formula is C20H27I2N3O2. The Hall–Kier alpha value is -0.940. The van der Waals surface area contributed by atoms with Crippen molar-refractivity contribution in [2.24, 2.45) is 0 Å². The predicted molar refractivity (Wildman–Crippen MR) is 130 cm³/mol. The molecular weight excluding hydrogens is 568 g/mol. The zero-order chi connectivity index (χ0) is 19.8.